The van der Waals surface area contributed by atoms with Crippen LogP contribution in [0.3, 0.4) is 0 Å². The molecule has 2 aromatic rings. The van der Waals surface area contributed by atoms with Crippen molar-refractivity contribution < 1.29 is 5.11 Å². The van der Waals surface area contributed by atoms with Crippen LogP contribution in [0.25, 0.3) is 0 Å². The highest BCUT2D eigenvalue weighted by molar-refractivity contribution is 7.09. The van der Waals surface area contributed by atoms with Gasteiger partial charge in [-0.05, 0) is 19.5 Å². The fourth-order valence-electron chi connectivity index (χ4n) is 1.82. The third-order valence-electron chi connectivity index (χ3n) is 2.84. The molecule has 0 radical (unpaired) electrons. The summed E-state index contributed by atoms with van der Waals surface area (Å²) < 4.78 is 0. The molecule has 0 aliphatic carbocycles. The van der Waals surface area contributed by atoms with E-state index in [0.717, 1.165) is 17.1 Å². The number of likely N-dealkylation sites (N-methyl/N-ethyl adjacent to an activating group) is 1. The summed E-state index contributed by atoms with van der Waals surface area (Å²) in [5, 5.41) is 13.2. The Morgan fingerprint density at radius 3 is 2.67 bits per heavy atom. The first-order valence-electron chi connectivity index (χ1n) is 5.96. The number of rotatable bonds is 5. The molecule has 4 heteroatoms. The summed E-state index contributed by atoms with van der Waals surface area (Å²) in [6, 6.07) is 8.02. The molecule has 1 unspecified atom stereocenters. The maximum absolute atomic E-state index is 10.2. The zero-order chi connectivity index (χ0) is 13.0. The van der Waals surface area contributed by atoms with Crippen LogP contribution in [0.4, 0.5) is 0 Å². The molecule has 0 aliphatic heterocycles. The van der Waals surface area contributed by atoms with Crippen molar-refractivity contribution in [3.63, 3.8) is 0 Å². The van der Waals surface area contributed by atoms with E-state index in [-0.39, 0.29) is 0 Å². The molecule has 1 aromatic carbocycles. The Morgan fingerprint density at radius 1 is 1.33 bits per heavy atom. The number of nitrogens with zero attached hydrogens (tertiary/aromatic N) is 2. The molecule has 0 spiro atoms. The second-order valence-electron chi connectivity index (χ2n) is 4.55. The lowest BCUT2D eigenvalue weighted by atomic mass is 10.1. The number of aliphatic hydroxyl groups excluding tert-OH is 1. The summed E-state index contributed by atoms with van der Waals surface area (Å²) in [5.74, 6) is 0. The van der Waals surface area contributed by atoms with E-state index in [9.17, 15) is 5.11 Å². The van der Waals surface area contributed by atoms with E-state index in [1.54, 1.807) is 11.3 Å². The number of thiazole rings is 1. The number of aryl methyl sites for hydroxylation is 1. The zero-order valence-corrected chi connectivity index (χ0v) is 11.5. The van der Waals surface area contributed by atoms with Gasteiger partial charge in [0.25, 0.3) is 0 Å². The van der Waals surface area contributed by atoms with Crippen LogP contribution >= 0.6 is 11.3 Å². The fourth-order valence-corrected chi connectivity index (χ4v) is 2.51. The Balaban J connectivity index is 1.90. The normalized spacial score (nSPS) is 12.9. The SMILES string of the molecule is Cc1ccc(C(O)CN(C)Cc2nccs2)cc1. The van der Waals surface area contributed by atoms with Gasteiger partial charge >= 0.3 is 0 Å². The molecule has 18 heavy (non-hydrogen) atoms. The molecule has 1 aromatic heterocycles. The summed E-state index contributed by atoms with van der Waals surface area (Å²) in [5.41, 5.74) is 2.17. The van der Waals surface area contributed by atoms with Gasteiger partial charge in [0.1, 0.15) is 5.01 Å². The van der Waals surface area contributed by atoms with Gasteiger partial charge in [-0.1, -0.05) is 29.8 Å². The third-order valence-corrected chi connectivity index (χ3v) is 3.60. The largest absolute Gasteiger partial charge is 0.387 e. The van der Waals surface area contributed by atoms with Gasteiger partial charge in [0, 0.05) is 18.1 Å². The molecule has 2 rings (SSSR count). The van der Waals surface area contributed by atoms with Crippen LogP contribution in [0.1, 0.15) is 22.2 Å². The van der Waals surface area contributed by atoms with Crippen molar-refractivity contribution in [3.05, 3.63) is 52.0 Å². The van der Waals surface area contributed by atoms with Crippen LogP contribution in [0.15, 0.2) is 35.8 Å². The summed E-state index contributed by atoms with van der Waals surface area (Å²) in [6.07, 6.45) is 1.36. The minimum atomic E-state index is -0.449. The van der Waals surface area contributed by atoms with Crippen molar-refractivity contribution in [3.8, 4) is 0 Å². The predicted octanol–water partition coefficient (Wildman–Crippen LogP) is 2.62. The molecule has 0 aliphatic rings. The van der Waals surface area contributed by atoms with E-state index >= 15 is 0 Å². The van der Waals surface area contributed by atoms with Gasteiger partial charge in [-0.2, -0.15) is 0 Å². The Kier molecular flexibility index (Phi) is 4.47. The lowest BCUT2D eigenvalue weighted by Gasteiger charge is -2.19. The minimum Gasteiger partial charge on any atom is -0.387 e. The smallest absolute Gasteiger partial charge is 0.107 e. The van der Waals surface area contributed by atoms with Crippen LogP contribution < -0.4 is 0 Å². The highest BCUT2D eigenvalue weighted by atomic mass is 32.1. The molecule has 0 bridgehead atoms. The van der Waals surface area contributed by atoms with Gasteiger partial charge in [-0.15, -0.1) is 11.3 Å². The van der Waals surface area contributed by atoms with Crippen LogP contribution in [0.2, 0.25) is 0 Å². The first-order valence-corrected chi connectivity index (χ1v) is 6.84. The Morgan fingerprint density at radius 2 is 2.06 bits per heavy atom. The Bertz CT molecular complexity index is 467. The van der Waals surface area contributed by atoms with Crippen molar-refractivity contribution in [2.45, 2.75) is 19.6 Å². The lowest BCUT2D eigenvalue weighted by molar-refractivity contribution is 0.124. The van der Waals surface area contributed by atoms with E-state index in [0.29, 0.717) is 6.54 Å². The van der Waals surface area contributed by atoms with Crippen molar-refractivity contribution in [1.29, 1.82) is 0 Å². The van der Waals surface area contributed by atoms with Gasteiger partial charge in [-0.25, -0.2) is 4.98 Å². The molecular formula is C14H18N2OS. The molecule has 0 saturated heterocycles. The Labute approximate surface area is 112 Å². The van der Waals surface area contributed by atoms with Crippen LogP contribution in [-0.2, 0) is 6.54 Å². The molecule has 96 valence electrons. The van der Waals surface area contributed by atoms with E-state index in [2.05, 4.69) is 9.88 Å². The predicted molar refractivity (Wildman–Crippen MR) is 74.6 cm³/mol. The summed E-state index contributed by atoms with van der Waals surface area (Å²) >= 11 is 1.64. The quantitative estimate of drug-likeness (QED) is 0.900. The second kappa shape index (κ2) is 6.09. The fraction of sp³-hybridized carbons (Fsp3) is 0.357. The molecule has 1 heterocycles. The maximum atomic E-state index is 10.2. The van der Waals surface area contributed by atoms with Gasteiger partial charge in [-0.3, -0.25) is 4.90 Å². The van der Waals surface area contributed by atoms with E-state index in [1.165, 1.54) is 5.56 Å². The monoisotopic (exact) mass is 262 g/mol. The number of hydrogen-bond donors (Lipinski definition) is 1. The van der Waals surface area contributed by atoms with Crippen LogP contribution in [0.5, 0.6) is 0 Å². The Hall–Kier alpha value is -1.23. The topological polar surface area (TPSA) is 36.4 Å². The molecule has 3 nitrogen and oxygen atoms in total. The third kappa shape index (κ3) is 3.63. The van der Waals surface area contributed by atoms with Gasteiger partial charge < -0.3 is 5.11 Å². The summed E-state index contributed by atoms with van der Waals surface area (Å²) in [6.45, 7) is 3.44. The zero-order valence-electron chi connectivity index (χ0n) is 10.7. The average molecular weight is 262 g/mol. The molecule has 1 atom stereocenters. The summed E-state index contributed by atoms with van der Waals surface area (Å²) in [7, 11) is 2.00. The van der Waals surface area contributed by atoms with E-state index < -0.39 is 6.10 Å². The van der Waals surface area contributed by atoms with Crippen molar-refractivity contribution >= 4 is 11.3 Å². The van der Waals surface area contributed by atoms with Gasteiger partial charge in [0.2, 0.25) is 0 Å². The lowest BCUT2D eigenvalue weighted by Crippen LogP contribution is -2.24. The molecule has 0 fully saturated rings. The van der Waals surface area contributed by atoms with Crippen LogP contribution in [0, 0.1) is 6.92 Å². The first-order chi connectivity index (χ1) is 8.65. The highest BCUT2D eigenvalue weighted by Gasteiger charge is 2.11. The maximum Gasteiger partial charge on any atom is 0.107 e. The van der Waals surface area contributed by atoms with Gasteiger partial charge in [0.15, 0.2) is 0 Å². The first kappa shape index (κ1) is 13.2. The highest BCUT2D eigenvalue weighted by Crippen LogP contribution is 2.16. The standard InChI is InChI=1S/C14H18N2OS/c1-11-3-5-12(6-4-11)13(17)9-16(2)10-14-15-7-8-18-14/h3-8,13,17H,9-10H2,1-2H3. The molecule has 1 N–H and O–H groups in total. The van der Waals surface area contributed by atoms with E-state index in [1.807, 2.05) is 49.8 Å². The minimum absolute atomic E-state index is 0.449. The van der Waals surface area contributed by atoms with Crippen LogP contribution in [-0.4, -0.2) is 28.6 Å². The number of aromatic nitrogens is 1. The molecular weight excluding hydrogens is 244 g/mol. The van der Waals surface area contributed by atoms with Crippen molar-refractivity contribution in [2.75, 3.05) is 13.6 Å². The van der Waals surface area contributed by atoms with Crippen molar-refractivity contribution in [1.82, 2.24) is 9.88 Å². The number of benzene rings is 1. The number of hydrogen-bond acceptors (Lipinski definition) is 4. The average Bonchev–Trinajstić information content (AvgIpc) is 2.82. The van der Waals surface area contributed by atoms with Gasteiger partial charge in [0.05, 0.1) is 12.6 Å². The molecule has 0 amide bonds. The number of aliphatic hydroxyl groups is 1. The van der Waals surface area contributed by atoms with Crippen molar-refractivity contribution in [2.24, 2.45) is 0 Å². The van der Waals surface area contributed by atoms with E-state index in [4.69, 9.17) is 0 Å². The molecule has 0 saturated carbocycles. The second-order valence-corrected chi connectivity index (χ2v) is 5.53. The summed E-state index contributed by atoms with van der Waals surface area (Å²) in [4.78, 5) is 6.33.